The van der Waals surface area contributed by atoms with Crippen LogP contribution in [0.3, 0.4) is 0 Å². The minimum atomic E-state index is 0.533. The van der Waals surface area contributed by atoms with E-state index in [0.717, 1.165) is 38.9 Å². The summed E-state index contributed by atoms with van der Waals surface area (Å²) in [6.45, 7) is 8.17. The first kappa shape index (κ1) is 14.3. The fourth-order valence-corrected chi connectivity index (χ4v) is 2.88. The molecule has 0 aromatic heterocycles. The standard InChI is InChI=1S/C14H28N2O2/c1-12(9-14-11-18-8-5-15-14)16(2)10-13-3-6-17-7-4-13/h12-15H,3-11H2,1-2H3. The Balaban J connectivity index is 1.68. The molecule has 106 valence electrons. The van der Waals surface area contributed by atoms with Gasteiger partial charge in [-0.05, 0) is 39.2 Å². The van der Waals surface area contributed by atoms with Crippen LogP contribution in [-0.4, -0.2) is 63.5 Å². The molecule has 4 heteroatoms. The fraction of sp³-hybridized carbons (Fsp3) is 1.00. The molecule has 0 bridgehead atoms. The first-order valence-corrected chi connectivity index (χ1v) is 7.35. The fourth-order valence-electron chi connectivity index (χ4n) is 2.88. The highest BCUT2D eigenvalue weighted by Gasteiger charge is 2.21. The monoisotopic (exact) mass is 256 g/mol. The normalized spacial score (nSPS) is 28.5. The first-order chi connectivity index (χ1) is 8.75. The van der Waals surface area contributed by atoms with Crippen molar-refractivity contribution in [2.75, 3.05) is 46.6 Å². The number of rotatable bonds is 5. The molecule has 0 saturated carbocycles. The number of morpholine rings is 1. The summed E-state index contributed by atoms with van der Waals surface area (Å²) in [4.78, 5) is 2.51. The molecule has 18 heavy (non-hydrogen) atoms. The van der Waals surface area contributed by atoms with Crippen molar-refractivity contribution in [2.24, 2.45) is 5.92 Å². The summed E-state index contributed by atoms with van der Waals surface area (Å²) in [7, 11) is 2.25. The van der Waals surface area contributed by atoms with Crippen LogP contribution in [0.25, 0.3) is 0 Å². The maximum atomic E-state index is 5.52. The molecule has 0 aliphatic carbocycles. The number of hydrogen-bond donors (Lipinski definition) is 1. The Morgan fingerprint density at radius 2 is 2.00 bits per heavy atom. The second-order valence-corrected chi connectivity index (χ2v) is 5.81. The van der Waals surface area contributed by atoms with Crippen LogP contribution in [0.15, 0.2) is 0 Å². The molecular formula is C14H28N2O2. The van der Waals surface area contributed by atoms with E-state index in [4.69, 9.17) is 9.47 Å². The van der Waals surface area contributed by atoms with Crippen LogP contribution in [-0.2, 0) is 9.47 Å². The Bertz CT molecular complexity index is 202. The zero-order valence-electron chi connectivity index (χ0n) is 11.9. The third kappa shape index (κ3) is 4.50. The van der Waals surface area contributed by atoms with E-state index in [1.807, 2.05) is 0 Å². The lowest BCUT2D eigenvalue weighted by atomic mass is 9.98. The van der Waals surface area contributed by atoms with Crippen LogP contribution >= 0.6 is 0 Å². The third-order valence-electron chi connectivity index (χ3n) is 4.26. The largest absolute Gasteiger partial charge is 0.381 e. The van der Waals surface area contributed by atoms with Crippen LogP contribution in [0, 0.1) is 5.92 Å². The summed E-state index contributed by atoms with van der Waals surface area (Å²) in [5, 5.41) is 3.54. The van der Waals surface area contributed by atoms with E-state index in [9.17, 15) is 0 Å². The Morgan fingerprint density at radius 3 is 2.67 bits per heavy atom. The van der Waals surface area contributed by atoms with Gasteiger partial charge in [0.15, 0.2) is 0 Å². The van der Waals surface area contributed by atoms with E-state index in [0.29, 0.717) is 12.1 Å². The van der Waals surface area contributed by atoms with Crippen molar-refractivity contribution in [3.05, 3.63) is 0 Å². The number of nitrogens with zero attached hydrogens (tertiary/aromatic N) is 1. The smallest absolute Gasteiger partial charge is 0.0620 e. The second kappa shape index (κ2) is 7.43. The van der Waals surface area contributed by atoms with Crippen LogP contribution in [0.4, 0.5) is 0 Å². The SMILES string of the molecule is CC(CC1COCCN1)N(C)CC1CCOCC1. The van der Waals surface area contributed by atoms with E-state index in [2.05, 4.69) is 24.2 Å². The molecule has 4 nitrogen and oxygen atoms in total. The predicted octanol–water partition coefficient (Wildman–Crippen LogP) is 1.11. The molecule has 2 aliphatic heterocycles. The number of ether oxygens (including phenoxy) is 2. The summed E-state index contributed by atoms with van der Waals surface area (Å²) in [6.07, 6.45) is 3.63. The van der Waals surface area contributed by atoms with E-state index >= 15 is 0 Å². The summed E-state index contributed by atoms with van der Waals surface area (Å²) in [5.41, 5.74) is 0. The highest BCUT2D eigenvalue weighted by Crippen LogP contribution is 2.17. The van der Waals surface area contributed by atoms with Crippen molar-refractivity contribution in [1.82, 2.24) is 10.2 Å². The average Bonchev–Trinajstić information content (AvgIpc) is 2.41. The number of nitrogens with one attached hydrogen (secondary N) is 1. The van der Waals surface area contributed by atoms with Gasteiger partial charge in [-0.2, -0.15) is 0 Å². The lowest BCUT2D eigenvalue weighted by molar-refractivity contribution is 0.0430. The molecule has 0 radical (unpaired) electrons. The van der Waals surface area contributed by atoms with Gasteiger partial charge in [0.1, 0.15) is 0 Å². The molecule has 2 aliphatic rings. The minimum Gasteiger partial charge on any atom is -0.381 e. The van der Waals surface area contributed by atoms with E-state index < -0.39 is 0 Å². The van der Waals surface area contributed by atoms with Gasteiger partial charge in [0, 0.05) is 38.4 Å². The Hall–Kier alpha value is -0.160. The quantitative estimate of drug-likeness (QED) is 0.799. The zero-order valence-corrected chi connectivity index (χ0v) is 11.9. The summed E-state index contributed by atoms with van der Waals surface area (Å²) in [5.74, 6) is 0.821. The van der Waals surface area contributed by atoms with Crippen molar-refractivity contribution >= 4 is 0 Å². The van der Waals surface area contributed by atoms with Crippen molar-refractivity contribution in [1.29, 1.82) is 0 Å². The van der Waals surface area contributed by atoms with Gasteiger partial charge in [-0.3, -0.25) is 0 Å². The van der Waals surface area contributed by atoms with Crippen molar-refractivity contribution in [3.63, 3.8) is 0 Å². The molecule has 2 rings (SSSR count). The average molecular weight is 256 g/mol. The lowest BCUT2D eigenvalue weighted by Gasteiger charge is -2.34. The molecule has 1 N–H and O–H groups in total. The molecule has 2 saturated heterocycles. The molecule has 2 unspecified atom stereocenters. The zero-order chi connectivity index (χ0) is 12.8. The van der Waals surface area contributed by atoms with Gasteiger partial charge >= 0.3 is 0 Å². The van der Waals surface area contributed by atoms with Gasteiger partial charge in [0.05, 0.1) is 13.2 Å². The van der Waals surface area contributed by atoms with Crippen LogP contribution in [0.5, 0.6) is 0 Å². The Kier molecular flexibility index (Phi) is 5.89. The van der Waals surface area contributed by atoms with Crippen LogP contribution in [0.2, 0.25) is 0 Å². The Labute approximate surface area is 111 Å². The number of hydrogen-bond acceptors (Lipinski definition) is 4. The molecular weight excluding hydrogens is 228 g/mol. The highest BCUT2D eigenvalue weighted by atomic mass is 16.5. The molecule has 0 spiro atoms. The molecule has 2 atom stereocenters. The van der Waals surface area contributed by atoms with Crippen LogP contribution in [0.1, 0.15) is 26.2 Å². The van der Waals surface area contributed by atoms with E-state index in [1.54, 1.807) is 0 Å². The summed E-state index contributed by atoms with van der Waals surface area (Å²) in [6, 6.07) is 1.15. The summed E-state index contributed by atoms with van der Waals surface area (Å²) < 4.78 is 10.9. The van der Waals surface area contributed by atoms with Gasteiger partial charge in [-0.1, -0.05) is 0 Å². The maximum absolute atomic E-state index is 5.52. The predicted molar refractivity (Wildman–Crippen MR) is 72.9 cm³/mol. The first-order valence-electron chi connectivity index (χ1n) is 7.35. The van der Waals surface area contributed by atoms with Crippen molar-refractivity contribution in [3.8, 4) is 0 Å². The lowest BCUT2D eigenvalue weighted by Crippen LogP contribution is -2.46. The molecule has 2 heterocycles. The van der Waals surface area contributed by atoms with Crippen molar-refractivity contribution < 1.29 is 9.47 Å². The molecule has 2 fully saturated rings. The topological polar surface area (TPSA) is 33.7 Å². The second-order valence-electron chi connectivity index (χ2n) is 5.81. The molecule has 0 amide bonds. The van der Waals surface area contributed by atoms with Gasteiger partial charge in [-0.15, -0.1) is 0 Å². The third-order valence-corrected chi connectivity index (χ3v) is 4.26. The van der Waals surface area contributed by atoms with E-state index in [1.165, 1.54) is 25.8 Å². The minimum absolute atomic E-state index is 0.533. The highest BCUT2D eigenvalue weighted by molar-refractivity contribution is 4.78. The van der Waals surface area contributed by atoms with Crippen molar-refractivity contribution in [2.45, 2.75) is 38.3 Å². The van der Waals surface area contributed by atoms with Gasteiger partial charge in [0.2, 0.25) is 0 Å². The molecule has 0 aromatic rings. The summed E-state index contributed by atoms with van der Waals surface area (Å²) >= 11 is 0. The van der Waals surface area contributed by atoms with Gasteiger partial charge in [-0.25, -0.2) is 0 Å². The van der Waals surface area contributed by atoms with Gasteiger partial charge in [0.25, 0.3) is 0 Å². The van der Waals surface area contributed by atoms with Crippen LogP contribution < -0.4 is 5.32 Å². The van der Waals surface area contributed by atoms with E-state index in [-0.39, 0.29) is 0 Å². The Morgan fingerprint density at radius 1 is 1.22 bits per heavy atom. The maximum Gasteiger partial charge on any atom is 0.0620 e. The molecule has 0 aromatic carbocycles. The van der Waals surface area contributed by atoms with Gasteiger partial charge < -0.3 is 19.7 Å².